The molecule has 1 aromatic carbocycles. The first-order chi connectivity index (χ1) is 9.33. The van der Waals surface area contributed by atoms with Gasteiger partial charge in [-0.2, -0.15) is 0 Å². The number of rotatable bonds is 7. The van der Waals surface area contributed by atoms with E-state index in [-0.39, 0.29) is 24.6 Å². The van der Waals surface area contributed by atoms with Crippen LogP contribution in [0.1, 0.15) is 12.0 Å². The van der Waals surface area contributed by atoms with Gasteiger partial charge in [-0.15, -0.1) is 0 Å². The first-order valence-corrected chi connectivity index (χ1v) is 7.94. The largest absolute Gasteiger partial charge is 0.399 e. The van der Waals surface area contributed by atoms with E-state index in [1.54, 1.807) is 6.07 Å². The summed E-state index contributed by atoms with van der Waals surface area (Å²) in [6, 6.07) is 7.37. The first-order valence-electron chi connectivity index (χ1n) is 6.33. The van der Waals surface area contributed by atoms with Crippen molar-refractivity contribution in [2.24, 2.45) is 0 Å². The van der Waals surface area contributed by atoms with Gasteiger partial charge in [0.05, 0.1) is 5.75 Å². The summed E-state index contributed by atoms with van der Waals surface area (Å²) in [6.45, 7) is 0.115. The summed E-state index contributed by atoms with van der Waals surface area (Å²) in [4.78, 5) is 11.6. The van der Waals surface area contributed by atoms with Crippen molar-refractivity contribution in [1.82, 2.24) is 9.62 Å². The summed E-state index contributed by atoms with van der Waals surface area (Å²) in [7, 11) is -0.334. The van der Waals surface area contributed by atoms with Crippen molar-refractivity contribution in [2.45, 2.75) is 12.8 Å². The molecule has 0 aliphatic carbocycles. The second kappa shape index (κ2) is 7.25. The molecule has 3 N–H and O–H groups in total. The molecule has 0 spiro atoms. The Kier molecular flexibility index (Phi) is 5.97. The number of benzene rings is 1. The van der Waals surface area contributed by atoms with Gasteiger partial charge in [-0.3, -0.25) is 4.79 Å². The van der Waals surface area contributed by atoms with Gasteiger partial charge in [-0.05, 0) is 18.1 Å². The van der Waals surface area contributed by atoms with Crippen LogP contribution in [-0.2, 0) is 21.2 Å². The average Bonchev–Trinajstić information content (AvgIpc) is 2.37. The van der Waals surface area contributed by atoms with E-state index >= 15 is 0 Å². The van der Waals surface area contributed by atoms with Crippen LogP contribution >= 0.6 is 0 Å². The normalized spacial score (nSPS) is 11.6. The number of aryl methyl sites for hydroxylation is 1. The maximum Gasteiger partial charge on any atom is 0.220 e. The third-order valence-corrected chi connectivity index (χ3v) is 4.75. The van der Waals surface area contributed by atoms with E-state index in [4.69, 9.17) is 5.73 Å². The Bertz CT molecular complexity index is 556. The number of hydrogen-bond acceptors (Lipinski definition) is 4. The van der Waals surface area contributed by atoms with Crippen molar-refractivity contribution in [3.8, 4) is 0 Å². The van der Waals surface area contributed by atoms with Crippen LogP contribution < -0.4 is 11.1 Å². The molecular weight excluding hydrogens is 278 g/mol. The molecule has 0 atom stereocenters. The topological polar surface area (TPSA) is 92.5 Å². The highest BCUT2D eigenvalue weighted by Crippen LogP contribution is 2.12. The van der Waals surface area contributed by atoms with Crippen molar-refractivity contribution in [3.05, 3.63) is 29.8 Å². The Morgan fingerprint density at radius 1 is 1.30 bits per heavy atom. The molecule has 0 unspecified atom stereocenters. The van der Waals surface area contributed by atoms with E-state index in [0.29, 0.717) is 12.1 Å². The van der Waals surface area contributed by atoms with E-state index in [1.807, 2.05) is 18.2 Å². The lowest BCUT2D eigenvalue weighted by Gasteiger charge is -2.11. The fourth-order valence-corrected chi connectivity index (χ4v) is 2.33. The zero-order chi connectivity index (χ0) is 15.2. The fourth-order valence-electron chi connectivity index (χ4n) is 1.60. The van der Waals surface area contributed by atoms with Gasteiger partial charge >= 0.3 is 0 Å². The third kappa shape index (κ3) is 5.18. The van der Waals surface area contributed by atoms with Crippen molar-refractivity contribution in [1.29, 1.82) is 0 Å². The third-order valence-electron chi connectivity index (χ3n) is 2.92. The average molecular weight is 299 g/mol. The molecule has 0 aliphatic heterocycles. The Hall–Kier alpha value is -1.60. The quantitative estimate of drug-likeness (QED) is 0.704. The molecule has 112 valence electrons. The van der Waals surface area contributed by atoms with Crippen molar-refractivity contribution >= 4 is 21.6 Å². The molecule has 0 heterocycles. The van der Waals surface area contributed by atoms with Crippen LogP contribution in [0, 0.1) is 0 Å². The highest BCUT2D eigenvalue weighted by atomic mass is 32.2. The molecule has 7 heteroatoms. The molecule has 0 bridgehead atoms. The van der Waals surface area contributed by atoms with Gasteiger partial charge in [0, 0.05) is 32.7 Å². The fraction of sp³-hybridized carbons (Fsp3) is 0.462. The molecule has 1 rings (SSSR count). The molecule has 0 fully saturated rings. The summed E-state index contributed by atoms with van der Waals surface area (Å²) in [5.41, 5.74) is 7.36. The lowest BCUT2D eigenvalue weighted by molar-refractivity contribution is -0.120. The first kappa shape index (κ1) is 16.5. The summed E-state index contributed by atoms with van der Waals surface area (Å²) in [5.74, 6) is -0.277. The number of nitrogens with zero attached hydrogens (tertiary/aromatic N) is 1. The molecule has 0 aromatic heterocycles. The van der Waals surface area contributed by atoms with Crippen LogP contribution in [0.25, 0.3) is 0 Å². The zero-order valence-electron chi connectivity index (χ0n) is 11.8. The predicted octanol–water partition coefficient (Wildman–Crippen LogP) is 0.209. The minimum atomic E-state index is -3.27. The van der Waals surface area contributed by atoms with Gasteiger partial charge < -0.3 is 11.1 Å². The van der Waals surface area contributed by atoms with Crippen LogP contribution in [0.4, 0.5) is 5.69 Å². The van der Waals surface area contributed by atoms with Crippen LogP contribution in [0.3, 0.4) is 0 Å². The molecule has 1 aromatic rings. The minimum Gasteiger partial charge on any atom is -0.399 e. The number of hydrogen-bond donors (Lipinski definition) is 2. The Labute approximate surface area is 120 Å². The number of nitrogens with one attached hydrogen (secondary N) is 1. The van der Waals surface area contributed by atoms with Crippen molar-refractivity contribution < 1.29 is 13.2 Å². The molecule has 0 aliphatic rings. The maximum atomic E-state index is 11.6. The molecular formula is C13H21N3O3S. The number of carbonyl (C=O) groups is 1. The number of carbonyl (C=O) groups excluding carboxylic acids is 1. The Balaban J connectivity index is 2.33. The molecule has 0 radical (unpaired) electrons. The molecule has 0 saturated carbocycles. The highest BCUT2D eigenvalue weighted by Gasteiger charge is 2.13. The molecule has 0 saturated heterocycles. The van der Waals surface area contributed by atoms with E-state index in [0.717, 1.165) is 9.87 Å². The van der Waals surface area contributed by atoms with Gasteiger partial charge in [0.25, 0.3) is 0 Å². The minimum absolute atomic E-state index is 0.0980. The van der Waals surface area contributed by atoms with Gasteiger partial charge in [0.2, 0.25) is 15.9 Å². The van der Waals surface area contributed by atoms with Gasteiger partial charge in [-0.25, -0.2) is 12.7 Å². The Morgan fingerprint density at radius 3 is 2.55 bits per heavy atom. The van der Waals surface area contributed by atoms with E-state index in [2.05, 4.69) is 5.32 Å². The van der Waals surface area contributed by atoms with Crippen molar-refractivity contribution in [2.75, 3.05) is 32.1 Å². The number of nitrogens with two attached hydrogens (primary N) is 1. The SMILES string of the molecule is CN(C)S(=O)(=O)CCNC(=O)CCc1ccccc1N. The monoisotopic (exact) mass is 299 g/mol. The summed E-state index contributed by atoms with van der Waals surface area (Å²) in [5, 5.41) is 2.60. The van der Waals surface area contributed by atoms with Gasteiger partial charge in [-0.1, -0.05) is 18.2 Å². The van der Waals surface area contributed by atoms with E-state index in [1.165, 1.54) is 14.1 Å². The van der Waals surface area contributed by atoms with Gasteiger partial charge in [0.15, 0.2) is 0 Å². The summed E-state index contributed by atoms with van der Waals surface area (Å²) < 4.78 is 24.1. The second-order valence-electron chi connectivity index (χ2n) is 4.65. The molecule has 20 heavy (non-hydrogen) atoms. The number of para-hydroxylation sites is 1. The number of sulfonamides is 1. The number of anilines is 1. The van der Waals surface area contributed by atoms with Gasteiger partial charge in [0.1, 0.15) is 0 Å². The molecule has 1 amide bonds. The van der Waals surface area contributed by atoms with Crippen molar-refractivity contribution in [3.63, 3.8) is 0 Å². The summed E-state index contributed by atoms with van der Waals surface area (Å²) >= 11 is 0. The zero-order valence-corrected chi connectivity index (χ0v) is 12.6. The lowest BCUT2D eigenvalue weighted by atomic mass is 10.1. The second-order valence-corrected chi connectivity index (χ2v) is 6.95. The summed E-state index contributed by atoms with van der Waals surface area (Å²) in [6.07, 6.45) is 0.829. The van der Waals surface area contributed by atoms with Crippen LogP contribution in [-0.4, -0.2) is 45.0 Å². The highest BCUT2D eigenvalue weighted by molar-refractivity contribution is 7.89. The van der Waals surface area contributed by atoms with Crippen LogP contribution in [0.5, 0.6) is 0 Å². The lowest BCUT2D eigenvalue weighted by Crippen LogP contribution is -2.34. The van der Waals surface area contributed by atoms with Crippen LogP contribution in [0.15, 0.2) is 24.3 Å². The number of amides is 1. The standard InChI is InChI=1S/C13H21N3O3S/c1-16(2)20(18,19)10-9-15-13(17)8-7-11-5-3-4-6-12(11)14/h3-6H,7-10,14H2,1-2H3,(H,15,17). The number of nitrogen functional groups attached to an aromatic ring is 1. The van der Waals surface area contributed by atoms with E-state index < -0.39 is 10.0 Å². The molecule has 6 nitrogen and oxygen atoms in total. The smallest absolute Gasteiger partial charge is 0.220 e. The van der Waals surface area contributed by atoms with E-state index in [9.17, 15) is 13.2 Å². The van der Waals surface area contributed by atoms with Crippen LogP contribution in [0.2, 0.25) is 0 Å². The Morgan fingerprint density at radius 2 is 1.95 bits per heavy atom. The predicted molar refractivity (Wildman–Crippen MR) is 79.7 cm³/mol. The maximum absolute atomic E-state index is 11.6.